The Balaban J connectivity index is -0.0000000453. The molecule has 14 nitrogen and oxygen atoms in total. The van der Waals surface area contributed by atoms with Crippen LogP contribution in [0.2, 0.25) is 0 Å². The van der Waals surface area contributed by atoms with E-state index < -0.39 is 50.9 Å². The third-order valence-electron chi connectivity index (χ3n) is 0. The van der Waals surface area contributed by atoms with Crippen molar-refractivity contribution in [2.45, 2.75) is 0 Å². The van der Waals surface area contributed by atoms with E-state index in [-0.39, 0.29) is 48.9 Å². The summed E-state index contributed by atoms with van der Waals surface area (Å²) in [6.07, 6.45) is 0. The fraction of sp³-hybridized carbons (Fsp3) is 0. The molecule has 0 aromatic rings. The zero-order valence-electron chi connectivity index (χ0n) is 8.37. The number of hydrogen-bond acceptors (Lipinski definition) is 8. The second-order valence-corrected chi connectivity index (χ2v) is 6.42. The van der Waals surface area contributed by atoms with Gasteiger partial charge in [0.2, 0.25) is 0 Å². The zero-order valence-corrected chi connectivity index (χ0v) is 20.5. The van der Waals surface area contributed by atoms with Gasteiger partial charge in [0.05, 0.1) is 0 Å². The van der Waals surface area contributed by atoms with Crippen molar-refractivity contribution in [1.82, 2.24) is 0 Å². The Morgan fingerprint density at radius 2 is 0.632 bits per heavy atom. The first-order valence-corrected chi connectivity index (χ1v) is 12.9. The molecule has 0 saturated carbocycles. The second kappa shape index (κ2) is 18.3. The number of rotatable bonds is 0. The third-order valence-corrected chi connectivity index (χ3v) is 0. The van der Waals surface area contributed by atoms with Crippen LogP contribution in [0.15, 0.2) is 0 Å². The molecule has 0 saturated heterocycles. The Morgan fingerprint density at radius 3 is 0.632 bits per heavy atom. The molecule has 0 unspecified atom stereocenters. The first-order valence-electron chi connectivity index (χ1n) is 2.57. The average molecular weight is 797 g/mol. The molecule has 6 N–H and O–H groups in total. The van der Waals surface area contributed by atoms with Gasteiger partial charge in [-0.15, -0.1) is 0 Å². The van der Waals surface area contributed by atoms with Crippen LogP contribution in [0.1, 0.15) is 0 Å². The van der Waals surface area contributed by atoms with Crippen LogP contribution in [0.3, 0.4) is 0 Å². The molecule has 0 rings (SSSR count). The molecule has 0 aliphatic carbocycles. The maximum absolute atomic E-state index is 8.88. The Hall–Kier alpha value is 2.29. The Bertz CT molecular complexity index is 333. The minimum atomic E-state index is -4.64. The summed E-state index contributed by atoms with van der Waals surface area (Å²) in [5, 5.41) is 0. The van der Waals surface area contributed by atoms with Gasteiger partial charge < -0.3 is 29.4 Å². The van der Waals surface area contributed by atoms with Gasteiger partial charge >= 0.3 is 121 Å². The van der Waals surface area contributed by atoms with Crippen LogP contribution in [0.4, 0.5) is 0 Å². The molecule has 0 atom stereocenters. The van der Waals surface area contributed by atoms with E-state index in [1.807, 2.05) is 0 Å². The molecule has 0 aliphatic heterocycles. The van der Waals surface area contributed by atoms with E-state index in [1.165, 1.54) is 0 Å². The monoisotopic (exact) mass is 798 g/mol. The summed E-state index contributed by atoms with van der Waals surface area (Å²) >= 11 is -8.56. The summed E-state index contributed by atoms with van der Waals surface area (Å²) in [4.78, 5) is 43.1. The van der Waals surface area contributed by atoms with Gasteiger partial charge in [0.25, 0.3) is 0 Å². The predicted octanol–water partition coefficient (Wildman–Crippen LogP) is -5.10. The zero-order chi connectivity index (χ0) is 16.2. The van der Waals surface area contributed by atoms with E-state index in [9.17, 15) is 0 Å². The van der Waals surface area contributed by atoms with Crippen LogP contribution in [-0.2, 0) is 58.0 Å². The van der Waals surface area contributed by atoms with Gasteiger partial charge in [0.1, 0.15) is 0 Å². The summed E-state index contributed by atoms with van der Waals surface area (Å²) in [5.74, 6) is 0. The van der Waals surface area contributed by atoms with Gasteiger partial charge in [-0.2, -0.15) is 0 Å². The van der Waals surface area contributed by atoms with Crippen LogP contribution in [-0.4, -0.2) is 78.2 Å². The normalized spacial score (nSPS) is 8.84. The van der Waals surface area contributed by atoms with Gasteiger partial charge in [0.15, 0.2) is 0 Å². The van der Waals surface area contributed by atoms with Crippen molar-refractivity contribution >= 4 is 64.5 Å². The summed E-state index contributed by atoms with van der Waals surface area (Å²) in [7, 11) is -9.28. The van der Waals surface area contributed by atoms with Crippen molar-refractivity contribution in [3.05, 3.63) is 0 Å². The van der Waals surface area contributed by atoms with Crippen molar-refractivity contribution in [3.63, 3.8) is 0 Å². The van der Waals surface area contributed by atoms with E-state index in [0.29, 0.717) is 0 Å². The molecular formula is H6BaO14P2W2. The molecule has 19 heteroatoms. The van der Waals surface area contributed by atoms with Crippen molar-refractivity contribution in [3.8, 4) is 0 Å². The molecular weight excluding hydrogens is 791 g/mol. The van der Waals surface area contributed by atoms with Crippen LogP contribution in [0.25, 0.3) is 0 Å². The molecule has 0 spiro atoms. The second-order valence-electron chi connectivity index (χ2n) is 1.43. The van der Waals surface area contributed by atoms with Crippen LogP contribution in [0.5, 0.6) is 0 Å². The van der Waals surface area contributed by atoms with E-state index in [2.05, 4.69) is 0 Å². The molecule has 0 radical (unpaired) electrons. The standard InChI is InChI=1S/Ba.2H3O4P.6O.2W/c;2*1-5(2,3)4;;;;;;;;/h;2*(H3,1,2,3,4);;;;;;;;/q+2;;;;;;;2*-1;;. The van der Waals surface area contributed by atoms with Gasteiger partial charge in [-0.3, -0.25) is 0 Å². The van der Waals surface area contributed by atoms with Crippen molar-refractivity contribution in [2.75, 3.05) is 0 Å². The minimum absolute atomic E-state index is 0. The topological polar surface area (TPSA) is 270 Å². The van der Waals surface area contributed by atoms with Crippen molar-refractivity contribution in [1.29, 1.82) is 0 Å². The molecule has 19 heavy (non-hydrogen) atoms. The first kappa shape index (κ1) is 33.0. The average Bonchev–Trinajstić information content (AvgIpc) is 1.70. The summed E-state index contributed by atoms with van der Waals surface area (Å²) < 4.78 is 69.4. The third kappa shape index (κ3) is 1300. The predicted molar refractivity (Wildman–Crippen MR) is 37.0 cm³/mol. The molecule has 0 amide bonds. The Kier molecular flexibility index (Phi) is 31.9. The Labute approximate surface area is 157 Å². The summed E-state index contributed by atoms with van der Waals surface area (Å²) in [6.45, 7) is 0. The molecule has 0 fully saturated rings. The van der Waals surface area contributed by atoms with Gasteiger partial charge in [-0.25, -0.2) is 9.13 Å². The van der Waals surface area contributed by atoms with Gasteiger partial charge in [0, 0.05) is 0 Å². The quantitative estimate of drug-likeness (QED) is 0.0990. The van der Waals surface area contributed by atoms with Crippen LogP contribution >= 0.6 is 15.6 Å². The van der Waals surface area contributed by atoms with Crippen LogP contribution < -0.4 is 7.52 Å². The molecule has 0 aliphatic rings. The molecule has 114 valence electrons. The molecule has 0 bridgehead atoms. The summed E-state index contributed by atoms with van der Waals surface area (Å²) in [6, 6.07) is 0. The molecule has 0 aromatic carbocycles. The summed E-state index contributed by atoms with van der Waals surface area (Å²) in [5.41, 5.74) is 0. The van der Waals surface area contributed by atoms with Gasteiger partial charge in [-0.05, 0) is 0 Å². The van der Waals surface area contributed by atoms with E-state index in [4.69, 9.17) is 59.6 Å². The maximum atomic E-state index is 8.88. The van der Waals surface area contributed by atoms with E-state index in [1.54, 1.807) is 0 Å². The van der Waals surface area contributed by atoms with Crippen molar-refractivity contribution in [2.24, 2.45) is 0 Å². The fourth-order valence-electron chi connectivity index (χ4n) is 0. The van der Waals surface area contributed by atoms with Gasteiger partial charge in [-0.1, -0.05) is 0 Å². The Morgan fingerprint density at radius 1 is 0.632 bits per heavy atom. The number of phosphoric acid groups is 2. The van der Waals surface area contributed by atoms with E-state index >= 15 is 0 Å². The van der Waals surface area contributed by atoms with Crippen LogP contribution in [0, 0.1) is 0 Å². The number of hydrogen-bond donors (Lipinski definition) is 6. The SMILES string of the molecule is O=P(O)(O)O.O=P(O)(O)O.[Ba+2].[O]=[W](=[O])[O-].[O]=[W](=[O])[O-]. The van der Waals surface area contributed by atoms with Crippen molar-refractivity contribution < 1.29 is 94.8 Å². The molecule has 0 heterocycles. The molecule has 0 aromatic heterocycles. The first-order chi connectivity index (χ1) is 7.46. The fourth-order valence-corrected chi connectivity index (χ4v) is 0. The van der Waals surface area contributed by atoms with E-state index in [0.717, 1.165) is 0 Å².